The maximum absolute atomic E-state index is 12.3. The number of benzene rings is 1. The monoisotopic (exact) mass is 377 g/mol. The Morgan fingerprint density at radius 2 is 1.69 bits per heavy atom. The van der Waals surface area contributed by atoms with Crippen LogP contribution in [0.5, 0.6) is 5.75 Å². The molecule has 1 N–H and O–H groups in total. The van der Waals surface area contributed by atoms with E-state index in [0.717, 1.165) is 18.2 Å². The number of alkyl halides is 3. The topological polar surface area (TPSA) is 90.9 Å². The zero-order chi connectivity index (χ0) is 19.7. The van der Waals surface area contributed by atoms with E-state index < -0.39 is 30.0 Å². The summed E-state index contributed by atoms with van der Waals surface area (Å²) in [5, 5.41) is 2.35. The van der Waals surface area contributed by atoms with Crippen molar-refractivity contribution in [1.82, 2.24) is 0 Å². The molecule has 1 amide bonds. The maximum atomic E-state index is 12.3. The Morgan fingerprint density at radius 3 is 2.27 bits per heavy atom. The zero-order valence-corrected chi connectivity index (χ0v) is 14.1. The number of ether oxygens (including phenoxy) is 3. The molecule has 0 aliphatic rings. The van der Waals surface area contributed by atoms with Crippen LogP contribution < -0.4 is 10.1 Å². The second-order valence-corrected chi connectivity index (χ2v) is 4.83. The summed E-state index contributed by atoms with van der Waals surface area (Å²) in [6, 6.07) is 2.83. The third-order valence-electron chi connectivity index (χ3n) is 2.86. The molecule has 1 aromatic carbocycles. The van der Waals surface area contributed by atoms with Crippen LogP contribution in [0.3, 0.4) is 0 Å². The lowest BCUT2D eigenvalue weighted by molar-refractivity contribution is -0.274. The highest BCUT2D eigenvalue weighted by atomic mass is 19.4. The lowest BCUT2D eigenvalue weighted by Gasteiger charge is -2.14. The third-order valence-corrected chi connectivity index (χ3v) is 2.86. The highest BCUT2D eigenvalue weighted by molar-refractivity contribution is 6.02. The first kappa shape index (κ1) is 21.3. The van der Waals surface area contributed by atoms with Crippen LogP contribution >= 0.6 is 0 Å². The molecular weight excluding hydrogens is 359 g/mol. The summed E-state index contributed by atoms with van der Waals surface area (Å²) in [5.74, 6) is -2.75. The smallest absolute Gasteiger partial charge is 0.466 e. The van der Waals surface area contributed by atoms with Crippen molar-refractivity contribution in [3.8, 4) is 5.75 Å². The van der Waals surface area contributed by atoms with E-state index in [1.165, 1.54) is 6.92 Å². The summed E-state index contributed by atoms with van der Waals surface area (Å²) < 4.78 is 50.2. The SMILES string of the molecule is CCOC(=O)CCC(=O)Nc1ccc(OC(F)(F)F)cc1C(=O)OCC. The predicted octanol–water partition coefficient (Wildman–Crippen LogP) is 3.04. The van der Waals surface area contributed by atoms with Crippen LogP contribution in [0.15, 0.2) is 18.2 Å². The van der Waals surface area contributed by atoms with Crippen molar-refractivity contribution < 1.29 is 41.8 Å². The molecule has 0 fully saturated rings. The van der Waals surface area contributed by atoms with Crippen molar-refractivity contribution in [3.05, 3.63) is 23.8 Å². The molecule has 0 unspecified atom stereocenters. The Kier molecular flexibility index (Phi) is 7.88. The Bertz CT molecular complexity index is 660. The summed E-state index contributed by atoms with van der Waals surface area (Å²) in [4.78, 5) is 35.1. The maximum Gasteiger partial charge on any atom is 0.573 e. The molecule has 1 aromatic rings. The first-order chi connectivity index (χ1) is 12.2. The molecule has 0 bridgehead atoms. The average molecular weight is 377 g/mol. The number of carbonyl (C=O) groups excluding carboxylic acids is 3. The molecular formula is C16H18F3NO6. The van der Waals surface area contributed by atoms with Gasteiger partial charge < -0.3 is 19.5 Å². The normalized spacial score (nSPS) is 10.8. The first-order valence-electron chi connectivity index (χ1n) is 7.68. The highest BCUT2D eigenvalue weighted by Gasteiger charge is 2.31. The van der Waals surface area contributed by atoms with E-state index in [1.54, 1.807) is 6.92 Å². The van der Waals surface area contributed by atoms with Gasteiger partial charge in [-0.2, -0.15) is 0 Å². The van der Waals surface area contributed by atoms with Gasteiger partial charge in [0.2, 0.25) is 5.91 Å². The number of carbonyl (C=O) groups is 3. The molecule has 144 valence electrons. The molecule has 1 rings (SSSR count). The number of hydrogen-bond acceptors (Lipinski definition) is 6. The van der Waals surface area contributed by atoms with Gasteiger partial charge in [0.25, 0.3) is 0 Å². The zero-order valence-electron chi connectivity index (χ0n) is 14.1. The largest absolute Gasteiger partial charge is 0.573 e. The van der Waals surface area contributed by atoms with Gasteiger partial charge >= 0.3 is 18.3 Å². The fourth-order valence-electron chi connectivity index (χ4n) is 1.87. The molecule has 0 aliphatic heterocycles. The minimum absolute atomic E-state index is 0.0145. The Morgan fingerprint density at radius 1 is 1.04 bits per heavy atom. The van der Waals surface area contributed by atoms with Gasteiger partial charge in [0.15, 0.2) is 0 Å². The van der Waals surface area contributed by atoms with Crippen molar-refractivity contribution in [2.75, 3.05) is 18.5 Å². The second kappa shape index (κ2) is 9.64. The van der Waals surface area contributed by atoms with Gasteiger partial charge in [0.05, 0.1) is 30.9 Å². The molecule has 0 spiro atoms. The summed E-state index contributed by atoms with van der Waals surface area (Å²) in [6.07, 6.45) is -5.33. The lowest BCUT2D eigenvalue weighted by atomic mass is 10.1. The number of esters is 2. The molecule has 0 aliphatic carbocycles. The molecule has 7 nitrogen and oxygen atoms in total. The Balaban J connectivity index is 2.92. The Labute approximate surface area is 147 Å². The van der Waals surface area contributed by atoms with E-state index in [4.69, 9.17) is 4.74 Å². The summed E-state index contributed by atoms with van der Waals surface area (Å²) in [5.41, 5.74) is -0.370. The van der Waals surface area contributed by atoms with Gasteiger partial charge in [-0.3, -0.25) is 9.59 Å². The van der Waals surface area contributed by atoms with Crippen LogP contribution in [-0.2, 0) is 19.1 Å². The van der Waals surface area contributed by atoms with Gasteiger partial charge in [-0.25, -0.2) is 4.79 Å². The van der Waals surface area contributed by atoms with Crippen molar-refractivity contribution in [2.24, 2.45) is 0 Å². The minimum atomic E-state index is -4.93. The van der Waals surface area contributed by atoms with E-state index in [0.29, 0.717) is 0 Å². The van der Waals surface area contributed by atoms with E-state index in [1.807, 2.05) is 0 Å². The lowest BCUT2D eigenvalue weighted by Crippen LogP contribution is -2.19. The van der Waals surface area contributed by atoms with Gasteiger partial charge in [-0.05, 0) is 32.0 Å². The van der Waals surface area contributed by atoms with E-state index in [-0.39, 0.29) is 37.3 Å². The Hall–Kier alpha value is -2.78. The molecule has 10 heteroatoms. The quantitative estimate of drug-likeness (QED) is 0.701. The first-order valence-corrected chi connectivity index (χ1v) is 7.68. The van der Waals surface area contributed by atoms with Crippen LogP contribution in [0, 0.1) is 0 Å². The number of nitrogens with one attached hydrogen (secondary N) is 1. The van der Waals surface area contributed by atoms with Crippen molar-refractivity contribution in [3.63, 3.8) is 0 Å². The molecule has 26 heavy (non-hydrogen) atoms. The van der Waals surface area contributed by atoms with Gasteiger partial charge in [0, 0.05) is 6.42 Å². The number of halogens is 3. The fraction of sp³-hybridized carbons (Fsp3) is 0.438. The molecule has 0 radical (unpaired) electrons. The van der Waals surface area contributed by atoms with Crippen LogP contribution in [0.25, 0.3) is 0 Å². The van der Waals surface area contributed by atoms with Crippen molar-refractivity contribution >= 4 is 23.5 Å². The van der Waals surface area contributed by atoms with Crippen LogP contribution in [0.4, 0.5) is 18.9 Å². The van der Waals surface area contributed by atoms with Crippen molar-refractivity contribution in [1.29, 1.82) is 0 Å². The van der Waals surface area contributed by atoms with Gasteiger partial charge in [-0.15, -0.1) is 13.2 Å². The van der Waals surface area contributed by atoms with Gasteiger partial charge in [-0.1, -0.05) is 0 Å². The molecule has 0 saturated heterocycles. The molecule has 0 saturated carbocycles. The highest BCUT2D eigenvalue weighted by Crippen LogP contribution is 2.28. The van der Waals surface area contributed by atoms with E-state index >= 15 is 0 Å². The molecule has 0 aromatic heterocycles. The van der Waals surface area contributed by atoms with Crippen LogP contribution in [0.2, 0.25) is 0 Å². The summed E-state index contributed by atoms with van der Waals surface area (Å²) in [7, 11) is 0. The fourth-order valence-corrected chi connectivity index (χ4v) is 1.87. The van der Waals surface area contributed by atoms with E-state index in [2.05, 4.69) is 14.8 Å². The van der Waals surface area contributed by atoms with Crippen LogP contribution in [0.1, 0.15) is 37.0 Å². The third kappa shape index (κ3) is 7.41. The van der Waals surface area contributed by atoms with Crippen molar-refractivity contribution in [2.45, 2.75) is 33.1 Å². The van der Waals surface area contributed by atoms with Crippen LogP contribution in [-0.4, -0.2) is 37.4 Å². The number of amides is 1. The average Bonchev–Trinajstić information content (AvgIpc) is 2.53. The number of anilines is 1. The minimum Gasteiger partial charge on any atom is -0.466 e. The predicted molar refractivity (Wildman–Crippen MR) is 83.6 cm³/mol. The number of rotatable bonds is 8. The van der Waals surface area contributed by atoms with E-state index in [9.17, 15) is 27.6 Å². The summed E-state index contributed by atoms with van der Waals surface area (Å²) in [6.45, 7) is 3.30. The molecule has 0 atom stereocenters. The standard InChI is InChI=1S/C16H18F3NO6/c1-3-24-14(22)8-7-13(21)20-12-6-5-10(26-16(17,18)19)9-11(12)15(23)25-4-2/h5-6,9H,3-4,7-8H2,1-2H3,(H,20,21). The second-order valence-electron chi connectivity index (χ2n) is 4.83. The number of hydrogen-bond donors (Lipinski definition) is 1. The molecule has 0 heterocycles. The summed E-state index contributed by atoms with van der Waals surface area (Å²) >= 11 is 0. The van der Waals surface area contributed by atoms with Gasteiger partial charge in [0.1, 0.15) is 5.75 Å².